The molecule has 2 amide bonds. The number of benzene rings is 1. The van der Waals surface area contributed by atoms with Crippen LogP contribution in [0.5, 0.6) is 0 Å². The van der Waals surface area contributed by atoms with E-state index in [1.54, 1.807) is 11.8 Å². The summed E-state index contributed by atoms with van der Waals surface area (Å²) in [5.74, 6) is 1.22. The Bertz CT molecular complexity index is 566. The molecular weight excluding hydrogens is 324 g/mol. The molecule has 0 saturated carbocycles. The lowest BCUT2D eigenvalue weighted by Crippen LogP contribution is -2.44. The highest BCUT2D eigenvalue weighted by atomic mass is 32.2. The highest BCUT2D eigenvalue weighted by Gasteiger charge is 2.22. The highest BCUT2D eigenvalue weighted by Crippen LogP contribution is 2.21. The molecular formula is C17H24N4O2S. The Hall–Kier alpha value is -1.73. The van der Waals surface area contributed by atoms with Crippen molar-refractivity contribution in [1.82, 2.24) is 10.6 Å². The van der Waals surface area contributed by atoms with Crippen LogP contribution in [0.25, 0.3) is 0 Å². The molecule has 7 heteroatoms. The van der Waals surface area contributed by atoms with Gasteiger partial charge >= 0.3 is 0 Å². The molecule has 3 N–H and O–H groups in total. The van der Waals surface area contributed by atoms with Gasteiger partial charge in [-0.25, -0.2) is 0 Å². The van der Waals surface area contributed by atoms with Crippen LogP contribution in [0.1, 0.15) is 19.3 Å². The van der Waals surface area contributed by atoms with Crippen LogP contribution in [-0.4, -0.2) is 49.1 Å². The van der Waals surface area contributed by atoms with Crippen LogP contribution < -0.4 is 20.9 Å². The Morgan fingerprint density at radius 3 is 2.58 bits per heavy atom. The van der Waals surface area contributed by atoms with Crippen molar-refractivity contribution in [2.24, 2.45) is 0 Å². The first kappa shape index (κ1) is 17.1. The molecule has 1 aromatic carbocycles. The molecule has 6 nitrogen and oxygen atoms in total. The maximum absolute atomic E-state index is 12.0. The van der Waals surface area contributed by atoms with E-state index >= 15 is 0 Å². The maximum atomic E-state index is 12.0. The van der Waals surface area contributed by atoms with Gasteiger partial charge in [0.15, 0.2) is 0 Å². The smallest absolute Gasteiger partial charge is 0.243 e. The SMILES string of the molecule is O=C(CNC(=O)C1CSCN1)Nc1ccc(N2CCCCC2)cc1. The second-order valence-electron chi connectivity index (χ2n) is 6.13. The van der Waals surface area contributed by atoms with Crippen molar-refractivity contribution in [3.05, 3.63) is 24.3 Å². The standard InChI is InChI=1S/C17H24N4O2S/c22-16(10-18-17(23)15-11-24-12-19-15)20-13-4-6-14(7-5-13)21-8-2-1-3-9-21/h4-7,15,19H,1-3,8-12H2,(H,18,23)(H,20,22). The fourth-order valence-electron chi connectivity index (χ4n) is 2.97. The van der Waals surface area contributed by atoms with E-state index in [2.05, 4.69) is 20.9 Å². The summed E-state index contributed by atoms with van der Waals surface area (Å²) in [6, 6.07) is 7.72. The minimum absolute atomic E-state index is 0.00441. The molecule has 0 aliphatic carbocycles. The van der Waals surface area contributed by atoms with E-state index in [0.29, 0.717) is 0 Å². The lowest BCUT2D eigenvalue weighted by molar-refractivity contribution is -0.125. The molecule has 130 valence electrons. The number of hydrogen-bond donors (Lipinski definition) is 3. The normalized spacial score (nSPS) is 20.7. The predicted octanol–water partition coefficient (Wildman–Crippen LogP) is 1.39. The highest BCUT2D eigenvalue weighted by molar-refractivity contribution is 7.99. The van der Waals surface area contributed by atoms with Gasteiger partial charge in [0.1, 0.15) is 0 Å². The van der Waals surface area contributed by atoms with Gasteiger partial charge in [-0.05, 0) is 43.5 Å². The van der Waals surface area contributed by atoms with Gasteiger partial charge in [-0.1, -0.05) is 0 Å². The number of piperidine rings is 1. The average molecular weight is 348 g/mol. The Kier molecular flexibility index (Phi) is 5.98. The third-order valence-electron chi connectivity index (χ3n) is 4.33. The zero-order valence-corrected chi connectivity index (χ0v) is 14.5. The quantitative estimate of drug-likeness (QED) is 0.750. The van der Waals surface area contributed by atoms with Crippen molar-refractivity contribution in [1.29, 1.82) is 0 Å². The number of anilines is 2. The van der Waals surface area contributed by atoms with Gasteiger partial charge in [0.25, 0.3) is 0 Å². The van der Waals surface area contributed by atoms with Gasteiger partial charge in [0.2, 0.25) is 11.8 Å². The van der Waals surface area contributed by atoms with E-state index in [1.807, 2.05) is 24.3 Å². The van der Waals surface area contributed by atoms with Gasteiger partial charge < -0.3 is 15.5 Å². The molecule has 2 aliphatic rings. The van der Waals surface area contributed by atoms with E-state index in [4.69, 9.17) is 0 Å². The summed E-state index contributed by atoms with van der Waals surface area (Å²) >= 11 is 1.68. The van der Waals surface area contributed by atoms with E-state index in [0.717, 1.165) is 30.4 Å². The third-order valence-corrected chi connectivity index (χ3v) is 5.27. The maximum Gasteiger partial charge on any atom is 0.243 e. The van der Waals surface area contributed by atoms with Crippen molar-refractivity contribution >= 4 is 35.0 Å². The molecule has 1 aromatic rings. The van der Waals surface area contributed by atoms with E-state index in [1.165, 1.54) is 24.9 Å². The molecule has 0 aromatic heterocycles. The van der Waals surface area contributed by atoms with Crippen molar-refractivity contribution in [3.8, 4) is 0 Å². The molecule has 2 heterocycles. The second-order valence-corrected chi connectivity index (χ2v) is 7.16. The van der Waals surface area contributed by atoms with E-state index in [9.17, 15) is 9.59 Å². The molecule has 2 saturated heterocycles. The average Bonchev–Trinajstić information content (AvgIpc) is 3.16. The Balaban J connectivity index is 1.44. The van der Waals surface area contributed by atoms with Crippen LogP contribution in [0.15, 0.2) is 24.3 Å². The number of nitrogens with zero attached hydrogens (tertiary/aromatic N) is 1. The predicted molar refractivity (Wildman–Crippen MR) is 98.4 cm³/mol. The lowest BCUT2D eigenvalue weighted by atomic mass is 10.1. The van der Waals surface area contributed by atoms with Crippen LogP contribution in [0.4, 0.5) is 11.4 Å². The zero-order chi connectivity index (χ0) is 16.8. The van der Waals surface area contributed by atoms with Crippen LogP contribution in [-0.2, 0) is 9.59 Å². The number of carbonyl (C=O) groups excluding carboxylic acids is 2. The summed E-state index contributed by atoms with van der Waals surface area (Å²) in [6.07, 6.45) is 3.80. The van der Waals surface area contributed by atoms with Crippen molar-refractivity contribution in [3.63, 3.8) is 0 Å². The molecule has 2 fully saturated rings. The molecule has 24 heavy (non-hydrogen) atoms. The minimum Gasteiger partial charge on any atom is -0.372 e. The number of nitrogens with one attached hydrogen (secondary N) is 3. The summed E-state index contributed by atoms with van der Waals surface area (Å²) in [5, 5.41) is 8.57. The van der Waals surface area contributed by atoms with Gasteiger partial charge in [-0.15, -0.1) is 11.8 Å². The van der Waals surface area contributed by atoms with Crippen molar-refractivity contribution in [2.75, 3.05) is 41.5 Å². The molecule has 2 aliphatic heterocycles. The summed E-state index contributed by atoms with van der Waals surface area (Å²) < 4.78 is 0. The summed E-state index contributed by atoms with van der Waals surface area (Å²) in [6.45, 7) is 2.20. The fraction of sp³-hybridized carbons (Fsp3) is 0.529. The Morgan fingerprint density at radius 1 is 1.17 bits per heavy atom. The topological polar surface area (TPSA) is 73.5 Å². The van der Waals surface area contributed by atoms with Gasteiger partial charge in [0, 0.05) is 36.1 Å². The van der Waals surface area contributed by atoms with Gasteiger partial charge in [-0.2, -0.15) is 0 Å². The third kappa shape index (κ3) is 4.64. The first-order valence-corrected chi connectivity index (χ1v) is 9.61. The van der Waals surface area contributed by atoms with Crippen molar-refractivity contribution in [2.45, 2.75) is 25.3 Å². The van der Waals surface area contributed by atoms with Crippen LogP contribution in [0, 0.1) is 0 Å². The van der Waals surface area contributed by atoms with E-state index in [-0.39, 0.29) is 24.4 Å². The Labute approximate surface area is 146 Å². The number of hydrogen-bond acceptors (Lipinski definition) is 5. The molecule has 0 bridgehead atoms. The summed E-state index contributed by atoms with van der Waals surface area (Å²) in [7, 11) is 0. The number of carbonyl (C=O) groups is 2. The number of amides is 2. The fourth-order valence-corrected chi connectivity index (χ4v) is 3.91. The molecule has 0 radical (unpaired) electrons. The molecule has 3 rings (SSSR count). The summed E-state index contributed by atoms with van der Waals surface area (Å²) in [5.41, 5.74) is 1.95. The second kappa shape index (κ2) is 8.39. The molecule has 1 unspecified atom stereocenters. The van der Waals surface area contributed by atoms with Gasteiger partial charge in [0.05, 0.1) is 12.6 Å². The first-order valence-electron chi connectivity index (χ1n) is 8.46. The number of thioether (sulfide) groups is 1. The van der Waals surface area contributed by atoms with E-state index < -0.39 is 0 Å². The Morgan fingerprint density at radius 2 is 1.92 bits per heavy atom. The monoisotopic (exact) mass is 348 g/mol. The lowest BCUT2D eigenvalue weighted by Gasteiger charge is -2.28. The van der Waals surface area contributed by atoms with Gasteiger partial charge in [-0.3, -0.25) is 14.9 Å². The minimum atomic E-state index is -0.209. The van der Waals surface area contributed by atoms with Crippen molar-refractivity contribution < 1.29 is 9.59 Å². The first-order chi connectivity index (χ1) is 11.7. The summed E-state index contributed by atoms with van der Waals surface area (Å²) in [4.78, 5) is 26.2. The zero-order valence-electron chi connectivity index (χ0n) is 13.7. The van der Waals surface area contributed by atoms with Crippen LogP contribution in [0.3, 0.4) is 0 Å². The largest absolute Gasteiger partial charge is 0.372 e. The number of rotatable bonds is 5. The van der Waals surface area contributed by atoms with Crippen LogP contribution in [0.2, 0.25) is 0 Å². The molecule has 0 spiro atoms. The van der Waals surface area contributed by atoms with Crippen LogP contribution >= 0.6 is 11.8 Å². The molecule has 1 atom stereocenters.